The first kappa shape index (κ1) is 13.6. The Bertz CT molecular complexity index is 647. The van der Waals surface area contributed by atoms with Gasteiger partial charge in [0.15, 0.2) is 0 Å². The highest BCUT2D eigenvalue weighted by atomic mass is 15.1. The topological polar surface area (TPSA) is 43.8 Å². The van der Waals surface area contributed by atoms with Crippen molar-refractivity contribution in [3.05, 3.63) is 90.5 Å². The summed E-state index contributed by atoms with van der Waals surface area (Å²) in [5.41, 5.74) is 8.99. The summed E-state index contributed by atoms with van der Waals surface area (Å²) in [4.78, 5) is 4.17. The summed E-state index contributed by atoms with van der Waals surface area (Å²) in [6.07, 6.45) is 6.44. The van der Waals surface area contributed by atoms with Gasteiger partial charge in [-0.1, -0.05) is 60.7 Å². The van der Waals surface area contributed by atoms with E-state index in [-0.39, 0.29) is 12.1 Å². The molecule has 106 valence electrons. The fraction of sp³-hybridized carbons (Fsp3) is 0.167. The fourth-order valence-electron chi connectivity index (χ4n) is 2.72. The van der Waals surface area contributed by atoms with Gasteiger partial charge in [0.05, 0.1) is 12.4 Å². The Morgan fingerprint density at radius 2 is 1.62 bits per heavy atom. The van der Waals surface area contributed by atoms with E-state index in [4.69, 9.17) is 5.73 Å². The Morgan fingerprint density at radius 3 is 2.24 bits per heavy atom. The van der Waals surface area contributed by atoms with Gasteiger partial charge in [0.2, 0.25) is 0 Å². The fourth-order valence-corrected chi connectivity index (χ4v) is 2.72. The Hall–Kier alpha value is -2.39. The Morgan fingerprint density at radius 1 is 0.952 bits per heavy atom. The molecule has 0 aliphatic rings. The highest BCUT2D eigenvalue weighted by Gasteiger charge is 2.21. The molecule has 0 aliphatic heterocycles. The molecule has 0 spiro atoms. The summed E-state index contributed by atoms with van der Waals surface area (Å²) in [6, 6.07) is 20.8. The number of aromatic nitrogens is 2. The number of imidazole rings is 1. The molecule has 0 fully saturated rings. The molecule has 2 aromatic carbocycles. The van der Waals surface area contributed by atoms with Crippen molar-refractivity contribution in [3.8, 4) is 0 Å². The molecule has 3 nitrogen and oxygen atoms in total. The van der Waals surface area contributed by atoms with Crippen LogP contribution >= 0.6 is 0 Å². The third kappa shape index (κ3) is 3.20. The maximum Gasteiger partial charge on any atom is 0.0952 e. The number of hydrogen-bond donors (Lipinski definition) is 1. The van der Waals surface area contributed by atoms with Crippen molar-refractivity contribution in [3.63, 3.8) is 0 Å². The number of nitrogens with zero attached hydrogens (tertiary/aromatic N) is 2. The summed E-state index contributed by atoms with van der Waals surface area (Å²) in [7, 11) is 0. The van der Waals surface area contributed by atoms with Crippen LogP contribution in [-0.2, 0) is 6.42 Å². The van der Waals surface area contributed by atoms with Crippen LogP contribution in [0.15, 0.2) is 79.4 Å². The van der Waals surface area contributed by atoms with E-state index in [1.54, 1.807) is 6.20 Å². The van der Waals surface area contributed by atoms with E-state index in [1.807, 2.05) is 24.7 Å². The van der Waals surface area contributed by atoms with Crippen molar-refractivity contribution >= 4 is 0 Å². The quantitative estimate of drug-likeness (QED) is 0.779. The lowest BCUT2D eigenvalue weighted by molar-refractivity contribution is 0.466. The second kappa shape index (κ2) is 6.37. The molecule has 2 atom stereocenters. The van der Waals surface area contributed by atoms with E-state index in [2.05, 4.69) is 58.1 Å². The molecule has 3 rings (SSSR count). The average Bonchev–Trinajstić information content (AvgIpc) is 3.03. The third-order valence-electron chi connectivity index (χ3n) is 3.71. The second-order valence-electron chi connectivity index (χ2n) is 5.22. The van der Waals surface area contributed by atoms with Crippen molar-refractivity contribution in [1.82, 2.24) is 9.55 Å². The average molecular weight is 277 g/mol. The lowest BCUT2D eigenvalue weighted by atomic mass is 9.94. The molecule has 0 amide bonds. The van der Waals surface area contributed by atoms with E-state index < -0.39 is 0 Å². The standard InChI is InChI=1S/C18H19N3/c19-17(13-15-7-3-1-4-8-15)18(21-12-11-20-14-21)16-9-5-2-6-10-16/h1-12,14,17-18H,13,19H2. The van der Waals surface area contributed by atoms with Gasteiger partial charge in [-0.15, -0.1) is 0 Å². The normalized spacial score (nSPS) is 13.8. The summed E-state index contributed by atoms with van der Waals surface area (Å²) in [5, 5.41) is 0. The van der Waals surface area contributed by atoms with Crippen LogP contribution in [0, 0.1) is 0 Å². The van der Waals surface area contributed by atoms with Gasteiger partial charge in [0.1, 0.15) is 0 Å². The van der Waals surface area contributed by atoms with Crippen LogP contribution in [0.3, 0.4) is 0 Å². The van der Waals surface area contributed by atoms with E-state index in [9.17, 15) is 0 Å². The molecule has 2 unspecified atom stereocenters. The Labute approximate surface area is 125 Å². The monoisotopic (exact) mass is 277 g/mol. The zero-order valence-electron chi connectivity index (χ0n) is 11.8. The summed E-state index contributed by atoms with van der Waals surface area (Å²) < 4.78 is 2.09. The molecule has 0 radical (unpaired) electrons. The molecule has 1 heterocycles. The number of nitrogens with two attached hydrogens (primary N) is 1. The maximum absolute atomic E-state index is 6.52. The predicted octanol–water partition coefficient (Wildman–Crippen LogP) is 3.04. The van der Waals surface area contributed by atoms with E-state index in [0.29, 0.717) is 0 Å². The van der Waals surface area contributed by atoms with Gasteiger partial charge in [-0.3, -0.25) is 0 Å². The molecule has 2 N–H and O–H groups in total. The van der Waals surface area contributed by atoms with Crippen LogP contribution in [-0.4, -0.2) is 15.6 Å². The van der Waals surface area contributed by atoms with Crippen molar-refractivity contribution in [2.24, 2.45) is 5.73 Å². The molecular weight excluding hydrogens is 258 g/mol. The van der Waals surface area contributed by atoms with Gasteiger partial charge in [0.25, 0.3) is 0 Å². The van der Waals surface area contributed by atoms with E-state index in [1.165, 1.54) is 11.1 Å². The highest BCUT2D eigenvalue weighted by Crippen LogP contribution is 2.23. The molecule has 3 aromatic rings. The zero-order valence-corrected chi connectivity index (χ0v) is 11.8. The summed E-state index contributed by atoms with van der Waals surface area (Å²) in [6.45, 7) is 0. The molecule has 0 saturated carbocycles. The molecule has 21 heavy (non-hydrogen) atoms. The van der Waals surface area contributed by atoms with Crippen LogP contribution in [0.5, 0.6) is 0 Å². The Kier molecular flexibility index (Phi) is 4.12. The second-order valence-corrected chi connectivity index (χ2v) is 5.22. The molecule has 0 bridgehead atoms. The van der Waals surface area contributed by atoms with Crippen LogP contribution in [0.2, 0.25) is 0 Å². The zero-order chi connectivity index (χ0) is 14.5. The number of benzene rings is 2. The third-order valence-corrected chi connectivity index (χ3v) is 3.71. The summed E-state index contributed by atoms with van der Waals surface area (Å²) in [5.74, 6) is 0. The Balaban J connectivity index is 1.89. The van der Waals surface area contributed by atoms with E-state index in [0.717, 1.165) is 6.42 Å². The first-order valence-electron chi connectivity index (χ1n) is 7.16. The van der Waals surface area contributed by atoms with Gasteiger partial charge in [-0.2, -0.15) is 0 Å². The van der Waals surface area contributed by atoms with Gasteiger partial charge >= 0.3 is 0 Å². The number of hydrogen-bond acceptors (Lipinski definition) is 2. The molecule has 0 aliphatic carbocycles. The lowest BCUT2D eigenvalue weighted by Crippen LogP contribution is -2.34. The van der Waals surface area contributed by atoms with Gasteiger partial charge < -0.3 is 10.3 Å². The van der Waals surface area contributed by atoms with Gasteiger partial charge in [-0.05, 0) is 17.5 Å². The van der Waals surface area contributed by atoms with Crippen molar-refractivity contribution < 1.29 is 0 Å². The van der Waals surface area contributed by atoms with Crippen LogP contribution in [0.25, 0.3) is 0 Å². The maximum atomic E-state index is 6.52. The first-order chi connectivity index (χ1) is 10.3. The van der Waals surface area contributed by atoms with Gasteiger partial charge in [-0.25, -0.2) is 4.98 Å². The SMILES string of the molecule is NC(Cc1ccccc1)C(c1ccccc1)n1ccnc1. The minimum atomic E-state index is -0.0102. The molecule has 1 aromatic heterocycles. The van der Waals surface area contributed by atoms with Gasteiger partial charge in [0, 0.05) is 18.4 Å². The molecular formula is C18H19N3. The highest BCUT2D eigenvalue weighted by molar-refractivity contribution is 5.24. The smallest absolute Gasteiger partial charge is 0.0952 e. The number of rotatable bonds is 5. The molecule has 0 saturated heterocycles. The minimum absolute atomic E-state index is 0.0102. The largest absolute Gasteiger partial charge is 0.328 e. The van der Waals surface area contributed by atoms with Crippen molar-refractivity contribution in [2.75, 3.05) is 0 Å². The van der Waals surface area contributed by atoms with Crippen molar-refractivity contribution in [2.45, 2.75) is 18.5 Å². The van der Waals surface area contributed by atoms with Crippen LogP contribution in [0.4, 0.5) is 0 Å². The lowest BCUT2D eigenvalue weighted by Gasteiger charge is -2.26. The van der Waals surface area contributed by atoms with Crippen LogP contribution < -0.4 is 5.73 Å². The first-order valence-corrected chi connectivity index (χ1v) is 7.16. The summed E-state index contributed by atoms with van der Waals surface area (Å²) >= 11 is 0. The minimum Gasteiger partial charge on any atom is -0.328 e. The van der Waals surface area contributed by atoms with Crippen molar-refractivity contribution in [1.29, 1.82) is 0 Å². The predicted molar refractivity (Wildman–Crippen MR) is 84.9 cm³/mol. The molecule has 3 heteroatoms. The van der Waals surface area contributed by atoms with Crippen LogP contribution in [0.1, 0.15) is 17.2 Å². The van der Waals surface area contributed by atoms with E-state index >= 15 is 0 Å².